The Morgan fingerprint density at radius 2 is 1.48 bits per heavy atom. The van der Waals surface area contributed by atoms with Crippen molar-refractivity contribution in [3.8, 4) is 0 Å². The van der Waals surface area contributed by atoms with E-state index >= 15 is 0 Å². The van der Waals surface area contributed by atoms with E-state index in [9.17, 15) is 13.2 Å². The van der Waals surface area contributed by atoms with Crippen molar-refractivity contribution in [1.29, 1.82) is 0 Å². The van der Waals surface area contributed by atoms with Gasteiger partial charge in [0.1, 0.15) is 4.90 Å². The summed E-state index contributed by atoms with van der Waals surface area (Å²) in [5.74, 6) is 0.179. The molecule has 2 rings (SSSR count). The number of nitrogens with one attached hydrogen (secondary N) is 2. The smallest absolute Gasteiger partial charge is 0.263 e. The normalized spacial score (nSPS) is 11.9. The summed E-state index contributed by atoms with van der Waals surface area (Å²) >= 11 is 6.17. The molecule has 0 radical (unpaired) electrons. The molecule has 2 N–H and O–H groups in total. The predicted molar refractivity (Wildman–Crippen MR) is 119 cm³/mol. The van der Waals surface area contributed by atoms with Gasteiger partial charge in [0.15, 0.2) is 0 Å². The second-order valence-electron chi connectivity index (χ2n) is 8.11. The van der Waals surface area contributed by atoms with Crippen molar-refractivity contribution >= 4 is 33.2 Å². The number of hydrogen-bond donors (Lipinski definition) is 2. The average Bonchev–Trinajstić information content (AvgIpc) is 2.57. The summed E-state index contributed by atoms with van der Waals surface area (Å²) in [4.78, 5) is 12.6. The van der Waals surface area contributed by atoms with Crippen molar-refractivity contribution in [2.24, 2.45) is 11.8 Å². The van der Waals surface area contributed by atoms with Gasteiger partial charge in [-0.1, -0.05) is 45.4 Å². The zero-order valence-electron chi connectivity index (χ0n) is 17.7. The third kappa shape index (κ3) is 5.97. The van der Waals surface area contributed by atoms with Crippen LogP contribution in [0.2, 0.25) is 5.02 Å². The highest BCUT2D eigenvalue weighted by Gasteiger charge is 2.23. The maximum Gasteiger partial charge on any atom is 0.263 e. The van der Waals surface area contributed by atoms with Gasteiger partial charge < -0.3 is 5.32 Å². The quantitative estimate of drug-likeness (QED) is 0.628. The van der Waals surface area contributed by atoms with Gasteiger partial charge in [-0.25, -0.2) is 8.42 Å². The number of aryl methyl sites for hydroxylation is 2. The number of carbonyl (C=O) groups excluding carboxylic acids is 1. The molecular formula is C22H29ClN2O3S. The molecule has 0 aliphatic rings. The molecule has 5 nitrogen and oxygen atoms in total. The third-order valence-corrected chi connectivity index (χ3v) is 6.55. The Hall–Kier alpha value is -2.05. The van der Waals surface area contributed by atoms with Crippen molar-refractivity contribution < 1.29 is 13.2 Å². The van der Waals surface area contributed by atoms with E-state index < -0.39 is 10.0 Å². The first-order valence-electron chi connectivity index (χ1n) is 9.62. The molecule has 0 aliphatic carbocycles. The molecule has 7 heteroatoms. The van der Waals surface area contributed by atoms with Crippen LogP contribution in [0.15, 0.2) is 41.3 Å². The molecule has 0 fully saturated rings. The van der Waals surface area contributed by atoms with Crippen LogP contribution in [-0.4, -0.2) is 20.4 Å². The fourth-order valence-electron chi connectivity index (χ4n) is 3.43. The van der Waals surface area contributed by atoms with Gasteiger partial charge in [-0.3, -0.25) is 9.52 Å². The zero-order valence-corrected chi connectivity index (χ0v) is 19.3. The molecule has 0 saturated heterocycles. The van der Waals surface area contributed by atoms with E-state index in [-0.39, 0.29) is 39.3 Å². The number of sulfonamides is 1. The van der Waals surface area contributed by atoms with Crippen LogP contribution in [0.3, 0.4) is 0 Å². The van der Waals surface area contributed by atoms with Crippen LogP contribution in [0.5, 0.6) is 0 Å². The van der Waals surface area contributed by atoms with Gasteiger partial charge in [-0.2, -0.15) is 0 Å². The molecule has 0 aromatic heterocycles. The first-order valence-corrected chi connectivity index (χ1v) is 11.5. The lowest BCUT2D eigenvalue weighted by atomic mass is 9.93. The minimum absolute atomic E-state index is 0.0216. The van der Waals surface area contributed by atoms with E-state index in [0.29, 0.717) is 5.69 Å². The van der Waals surface area contributed by atoms with Gasteiger partial charge in [0, 0.05) is 17.3 Å². The Balaban J connectivity index is 2.35. The maximum absolute atomic E-state index is 12.9. The molecule has 29 heavy (non-hydrogen) atoms. The summed E-state index contributed by atoms with van der Waals surface area (Å²) in [6.45, 7) is 11.9. The van der Waals surface area contributed by atoms with Crippen molar-refractivity contribution in [2.75, 3.05) is 4.72 Å². The molecule has 158 valence electrons. The number of benzene rings is 2. The molecule has 0 unspecified atom stereocenters. The van der Waals surface area contributed by atoms with E-state index in [1.807, 2.05) is 47.6 Å². The minimum Gasteiger partial charge on any atom is -0.349 e. The fraction of sp³-hybridized carbons (Fsp3) is 0.409. The summed E-state index contributed by atoms with van der Waals surface area (Å²) in [7, 11) is -3.96. The van der Waals surface area contributed by atoms with Gasteiger partial charge in [0.25, 0.3) is 15.9 Å². The third-order valence-electron chi connectivity index (χ3n) is 4.69. The van der Waals surface area contributed by atoms with E-state index in [4.69, 9.17) is 11.6 Å². The van der Waals surface area contributed by atoms with Gasteiger partial charge in [-0.05, 0) is 67.1 Å². The molecule has 0 bridgehead atoms. The summed E-state index contributed by atoms with van der Waals surface area (Å²) in [5.41, 5.74) is 2.58. The van der Waals surface area contributed by atoms with Crippen LogP contribution in [-0.2, 0) is 10.0 Å². The standard InChI is InChI=1S/C22H29ClN2O3S/c1-13(2)21(14(3)4)24-22(26)17-7-8-19(23)20(12-17)29(27,28)25-18-10-15(5)9-16(6)11-18/h7-14,21,25H,1-6H3,(H,24,26). The highest BCUT2D eigenvalue weighted by Crippen LogP contribution is 2.26. The highest BCUT2D eigenvalue weighted by molar-refractivity contribution is 7.92. The first-order chi connectivity index (χ1) is 13.4. The zero-order chi connectivity index (χ0) is 21.9. The molecule has 1 amide bonds. The van der Waals surface area contributed by atoms with Crippen molar-refractivity contribution in [3.05, 3.63) is 58.1 Å². The molecule has 0 saturated carbocycles. The lowest BCUT2D eigenvalue weighted by Crippen LogP contribution is -2.42. The van der Waals surface area contributed by atoms with Crippen LogP contribution < -0.4 is 10.0 Å². The van der Waals surface area contributed by atoms with Crippen LogP contribution in [0.4, 0.5) is 5.69 Å². The van der Waals surface area contributed by atoms with Gasteiger partial charge in [0.05, 0.1) is 5.02 Å². The Morgan fingerprint density at radius 3 is 2.00 bits per heavy atom. The number of halogens is 1. The van der Waals surface area contributed by atoms with E-state index in [1.165, 1.54) is 18.2 Å². The van der Waals surface area contributed by atoms with E-state index in [0.717, 1.165) is 11.1 Å². The van der Waals surface area contributed by atoms with Crippen LogP contribution in [0, 0.1) is 25.7 Å². The minimum atomic E-state index is -3.96. The van der Waals surface area contributed by atoms with Crippen LogP contribution in [0.25, 0.3) is 0 Å². The lowest BCUT2D eigenvalue weighted by Gasteiger charge is -2.26. The SMILES string of the molecule is Cc1cc(C)cc(NS(=O)(=O)c2cc(C(=O)NC(C(C)C)C(C)C)ccc2Cl)c1. The second kappa shape index (κ2) is 9.18. The molecule has 0 spiro atoms. The number of anilines is 1. The Kier molecular flexibility index (Phi) is 7.35. The number of rotatable bonds is 7. The van der Waals surface area contributed by atoms with Crippen LogP contribution in [0.1, 0.15) is 49.2 Å². The molecule has 0 heterocycles. The lowest BCUT2D eigenvalue weighted by molar-refractivity contribution is 0.0910. The average molecular weight is 437 g/mol. The number of carbonyl (C=O) groups is 1. The van der Waals surface area contributed by atoms with E-state index in [1.54, 1.807) is 12.1 Å². The Morgan fingerprint density at radius 1 is 0.931 bits per heavy atom. The summed E-state index contributed by atoms with van der Waals surface area (Å²) < 4.78 is 28.4. The maximum atomic E-state index is 12.9. The van der Waals surface area contributed by atoms with E-state index in [2.05, 4.69) is 10.0 Å². The second-order valence-corrected chi connectivity index (χ2v) is 10.2. The van der Waals surface area contributed by atoms with Crippen molar-refractivity contribution in [3.63, 3.8) is 0 Å². The van der Waals surface area contributed by atoms with Crippen molar-refractivity contribution in [1.82, 2.24) is 5.32 Å². The van der Waals surface area contributed by atoms with Gasteiger partial charge >= 0.3 is 0 Å². The Bertz CT molecular complexity index is 973. The fourth-order valence-corrected chi connectivity index (χ4v) is 5.00. The molecule has 2 aromatic carbocycles. The molecule has 2 aromatic rings. The molecule has 0 atom stereocenters. The monoisotopic (exact) mass is 436 g/mol. The molecule has 0 aliphatic heterocycles. The van der Waals surface area contributed by atoms with Crippen molar-refractivity contribution in [2.45, 2.75) is 52.5 Å². The van der Waals surface area contributed by atoms with Crippen LogP contribution >= 0.6 is 11.6 Å². The first kappa shape index (κ1) is 23.2. The topological polar surface area (TPSA) is 75.3 Å². The largest absolute Gasteiger partial charge is 0.349 e. The van der Waals surface area contributed by atoms with Gasteiger partial charge in [0.2, 0.25) is 0 Å². The van der Waals surface area contributed by atoms with Gasteiger partial charge in [-0.15, -0.1) is 0 Å². The predicted octanol–water partition coefficient (Wildman–Crippen LogP) is 5.17. The number of amides is 1. The summed E-state index contributed by atoms with van der Waals surface area (Å²) in [6, 6.07) is 9.70. The Labute approximate surface area is 178 Å². The number of hydrogen-bond acceptors (Lipinski definition) is 3. The summed E-state index contributed by atoms with van der Waals surface area (Å²) in [6.07, 6.45) is 0. The summed E-state index contributed by atoms with van der Waals surface area (Å²) in [5, 5.41) is 3.06. The molecular weight excluding hydrogens is 408 g/mol. The highest BCUT2D eigenvalue weighted by atomic mass is 35.5.